The molecular formula is C20H17F3N4O2. The van der Waals surface area contributed by atoms with E-state index in [4.69, 9.17) is 0 Å². The lowest BCUT2D eigenvalue weighted by molar-refractivity contribution is -0.0522. The number of hydrogen-bond donors (Lipinski definition) is 1. The molecule has 1 N–H and O–H groups in total. The Morgan fingerprint density at radius 1 is 1.28 bits per heavy atom. The SMILES string of the molecule is Cc1nn(-c2ccnc(Cc3ccc(OC(F)F)c(F)c3)c2)c2c1C(=O)NCC2. The summed E-state index contributed by atoms with van der Waals surface area (Å²) in [6, 6.07) is 7.42. The van der Waals surface area contributed by atoms with Gasteiger partial charge in [0, 0.05) is 31.3 Å². The minimum Gasteiger partial charge on any atom is -0.432 e. The molecule has 9 heteroatoms. The lowest BCUT2D eigenvalue weighted by Gasteiger charge is -2.15. The fourth-order valence-corrected chi connectivity index (χ4v) is 3.45. The molecule has 1 amide bonds. The Morgan fingerprint density at radius 2 is 2.10 bits per heavy atom. The summed E-state index contributed by atoms with van der Waals surface area (Å²) in [4.78, 5) is 16.4. The van der Waals surface area contributed by atoms with Crippen molar-refractivity contribution in [3.05, 3.63) is 70.6 Å². The van der Waals surface area contributed by atoms with E-state index >= 15 is 0 Å². The number of amides is 1. The lowest BCUT2D eigenvalue weighted by Crippen LogP contribution is -2.32. The van der Waals surface area contributed by atoms with Gasteiger partial charge in [0.15, 0.2) is 11.6 Å². The fourth-order valence-electron chi connectivity index (χ4n) is 3.45. The minimum atomic E-state index is -3.08. The number of carbonyl (C=O) groups is 1. The number of nitrogens with zero attached hydrogens (tertiary/aromatic N) is 3. The number of alkyl halides is 2. The van der Waals surface area contributed by atoms with E-state index in [-0.39, 0.29) is 5.91 Å². The predicted octanol–water partition coefficient (Wildman–Crippen LogP) is 3.19. The molecule has 0 saturated carbocycles. The number of carbonyl (C=O) groups excluding carboxylic acids is 1. The van der Waals surface area contributed by atoms with E-state index in [2.05, 4.69) is 20.1 Å². The molecule has 0 spiro atoms. The van der Waals surface area contributed by atoms with Gasteiger partial charge in [-0.15, -0.1) is 0 Å². The molecule has 0 aliphatic carbocycles. The van der Waals surface area contributed by atoms with Crippen LogP contribution in [0.2, 0.25) is 0 Å². The average molecular weight is 402 g/mol. The summed E-state index contributed by atoms with van der Waals surface area (Å²) in [6.45, 7) is -0.755. The van der Waals surface area contributed by atoms with Crippen molar-refractivity contribution in [2.24, 2.45) is 0 Å². The number of rotatable bonds is 5. The maximum atomic E-state index is 14.0. The third kappa shape index (κ3) is 3.80. The van der Waals surface area contributed by atoms with Crippen molar-refractivity contribution in [2.45, 2.75) is 26.4 Å². The molecule has 0 saturated heterocycles. The Kier molecular flexibility index (Phi) is 4.96. The van der Waals surface area contributed by atoms with Crippen LogP contribution in [-0.4, -0.2) is 33.8 Å². The van der Waals surface area contributed by atoms with Gasteiger partial charge in [0.2, 0.25) is 0 Å². The van der Waals surface area contributed by atoms with Crippen LogP contribution in [0.3, 0.4) is 0 Å². The fraction of sp³-hybridized carbons (Fsp3) is 0.250. The van der Waals surface area contributed by atoms with Crippen molar-refractivity contribution in [2.75, 3.05) is 6.54 Å². The molecule has 0 fully saturated rings. The maximum absolute atomic E-state index is 14.0. The summed E-state index contributed by atoms with van der Waals surface area (Å²) in [7, 11) is 0. The summed E-state index contributed by atoms with van der Waals surface area (Å²) >= 11 is 0. The first-order chi connectivity index (χ1) is 13.9. The standard InChI is InChI=1S/C20H17F3N4O2/c1-11-18-16(5-7-25-19(18)28)27(26-11)14-4-6-24-13(10-14)8-12-2-3-17(15(21)9-12)29-20(22)23/h2-4,6,9-10,20H,5,7-8H2,1H3,(H,25,28). The van der Waals surface area contributed by atoms with Crippen LogP contribution in [-0.2, 0) is 12.8 Å². The van der Waals surface area contributed by atoms with E-state index in [0.29, 0.717) is 41.9 Å². The molecule has 3 aromatic rings. The molecule has 1 aromatic carbocycles. The van der Waals surface area contributed by atoms with Gasteiger partial charge in [0.25, 0.3) is 5.91 Å². The van der Waals surface area contributed by atoms with Crippen LogP contribution in [0.5, 0.6) is 5.75 Å². The van der Waals surface area contributed by atoms with Crippen LogP contribution < -0.4 is 10.1 Å². The number of ether oxygens (including phenoxy) is 1. The molecule has 29 heavy (non-hydrogen) atoms. The molecule has 0 bridgehead atoms. The van der Waals surface area contributed by atoms with Crippen molar-refractivity contribution in [1.29, 1.82) is 0 Å². The highest BCUT2D eigenvalue weighted by Gasteiger charge is 2.25. The highest BCUT2D eigenvalue weighted by atomic mass is 19.3. The van der Waals surface area contributed by atoms with E-state index in [1.54, 1.807) is 29.9 Å². The van der Waals surface area contributed by atoms with Crippen LogP contribution in [0.1, 0.15) is 33.0 Å². The Bertz CT molecular complexity index is 1080. The second kappa shape index (κ2) is 7.57. The molecule has 1 aliphatic heterocycles. The first-order valence-corrected chi connectivity index (χ1v) is 8.97. The maximum Gasteiger partial charge on any atom is 0.387 e. The second-order valence-electron chi connectivity index (χ2n) is 6.65. The van der Waals surface area contributed by atoms with Crippen LogP contribution in [0.15, 0.2) is 36.5 Å². The molecule has 4 rings (SSSR count). The zero-order valence-electron chi connectivity index (χ0n) is 15.5. The van der Waals surface area contributed by atoms with Gasteiger partial charge in [-0.1, -0.05) is 6.07 Å². The summed E-state index contributed by atoms with van der Waals surface area (Å²) in [5.74, 6) is -1.49. The molecule has 6 nitrogen and oxygen atoms in total. The Labute approximate surface area is 164 Å². The van der Waals surface area contributed by atoms with Crippen molar-refractivity contribution in [3.8, 4) is 11.4 Å². The quantitative estimate of drug-likeness (QED) is 0.712. The number of nitrogens with one attached hydrogen (secondary N) is 1. The van der Waals surface area contributed by atoms with E-state index in [0.717, 1.165) is 17.4 Å². The number of fused-ring (bicyclic) bond motifs is 1. The molecule has 3 heterocycles. The third-order valence-electron chi connectivity index (χ3n) is 4.67. The highest BCUT2D eigenvalue weighted by Crippen LogP contribution is 2.24. The van der Waals surface area contributed by atoms with Gasteiger partial charge in [-0.25, -0.2) is 9.07 Å². The van der Waals surface area contributed by atoms with Gasteiger partial charge in [0.1, 0.15) is 0 Å². The first kappa shape index (κ1) is 19.0. The topological polar surface area (TPSA) is 69.0 Å². The third-order valence-corrected chi connectivity index (χ3v) is 4.67. The van der Waals surface area contributed by atoms with Gasteiger partial charge in [-0.3, -0.25) is 9.78 Å². The van der Waals surface area contributed by atoms with Crippen molar-refractivity contribution >= 4 is 5.91 Å². The highest BCUT2D eigenvalue weighted by molar-refractivity contribution is 5.97. The molecule has 1 aliphatic rings. The molecule has 2 aromatic heterocycles. The van der Waals surface area contributed by atoms with Crippen molar-refractivity contribution in [1.82, 2.24) is 20.1 Å². The zero-order valence-corrected chi connectivity index (χ0v) is 15.5. The number of halogens is 3. The van der Waals surface area contributed by atoms with Crippen LogP contribution in [0.25, 0.3) is 5.69 Å². The van der Waals surface area contributed by atoms with Gasteiger partial charge in [0.05, 0.1) is 22.6 Å². The van der Waals surface area contributed by atoms with E-state index in [1.807, 2.05) is 0 Å². The predicted molar refractivity (Wildman–Crippen MR) is 98.0 cm³/mol. The summed E-state index contributed by atoms with van der Waals surface area (Å²) in [5, 5.41) is 7.31. The van der Waals surface area contributed by atoms with E-state index in [9.17, 15) is 18.0 Å². The zero-order chi connectivity index (χ0) is 20.5. The van der Waals surface area contributed by atoms with E-state index < -0.39 is 18.2 Å². The van der Waals surface area contributed by atoms with E-state index in [1.165, 1.54) is 12.1 Å². The van der Waals surface area contributed by atoms with Crippen LogP contribution in [0, 0.1) is 12.7 Å². The largest absolute Gasteiger partial charge is 0.432 e. The average Bonchev–Trinajstić information content (AvgIpc) is 3.02. The normalized spacial score (nSPS) is 13.3. The minimum absolute atomic E-state index is 0.133. The van der Waals surface area contributed by atoms with Gasteiger partial charge >= 0.3 is 6.61 Å². The molecular weight excluding hydrogens is 385 g/mol. The molecule has 0 unspecified atom stereocenters. The lowest BCUT2D eigenvalue weighted by atomic mass is 10.1. The summed E-state index contributed by atoms with van der Waals surface area (Å²) in [6.07, 6.45) is 2.57. The first-order valence-electron chi connectivity index (χ1n) is 8.97. The van der Waals surface area contributed by atoms with Gasteiger partial charge < -0.3 is 10.1 Å². The van der Waals surface area contributed by atoms with Crippen molar-refractivity contribution in [3.63, 3.8) is 0 Å². The number of hydrogen-bond acceptors (Lipinski definition) is 4. The Morgan fingerprint density at radius 3 is 2.86 bits per heavy atom. The molecule has 0 radical (unpaired) electrons. The summed E-state index contributed by atoms with van der Waals surface area (Å²) < 4.78 is 44.3. The molecule has 150 valence electrons. The monoisotopic (exact) mass is 402 g/mol. The second-order valence-corrected chi connectivity index (χ2v) is 6.65. The van der Waals surface area contributed by atoms with Gasteiger partial charge in [-0.05, 0) is 36.8 Å². The number of pyridine rings is 1. The van der Waals surface area contributed by atoms with Crippen molar-refractivity contribution < 1.29 is 22.7 Å². The Hall–Kier alpha value is -3.36. The van der Waals surface area contributed by atoms with Crippen LogP contribution >= 0.6 is 0 Å². The summed E-state index contributed by atoms with van der Waals surface area (Å²) in [5.41, 5.74) is 4.02. The number of aromatic nitrogens is 3. The molecule has 0 atom stereocenters. The smallest absolute Gasteiger partial charge is 0.387 e. The number of aryl methyl sites for hydroxylation is 1. The number of benzene rings is 1. The van der Waals surface area contributed by atoms with Crippen LogP contribution in [0.4, 0.5) is 13.2 Å². The van der Waals surface area contributed by atoms with Gasteiger partial charge in [-0.2, -0.15) is 13.9 Å². The Balaban J connectivity index is 1.62.